The molecule has 3 rings (SSSR count). The van der Waals surface area contributed by atoms with Crippen molar-refractivity contribution in [1.29, 1.82) is 5.26 Å². The maximum Gasteiger partial charge on any atom is 0.319 e. The van der Waals surface area contributed by atoms with Crippen LogP contribution in [0.5, 0.6) is 0 Å². The Kier molecular flexibility index (Phi) is 6.12. The fourth-order valence-corrected chi connectivity index (χ4v) is 4.11. The standard InChI is InChI=1S/C21H17FN2O3S/c1-27-21(26)18-17(14-7-3-2-4-8-14)16(11-23)20(24-19(18)25)28-12-13-6-5-9-15(22)10-13/h2-10,17-18H,12H2,1H3,(H,24,25)/t17-,18+/m0/s1. The number of hydrogen-bond acceptors (Lipinski definition) is 5. The van der Waals surface area contributed by atoms with Crippen LogP contribution in [0.2, 0.25) is 0 Å². The highest BCUT2D eigenvalue weighted by Crippen LogP contribution is 2.40. The van der Waals surface area contributed by atoms with Crippen LogP contribution in [0.3, 0.4) is 0 Å². The molecule has 0 saturated heterocycles. The largest absolute Gasteiger partial charge is 0.468 e. The monoisotopic (exact) mass is 396 g/mol. The van der Waals surface area contributed by atoms with E-state index in [4.69, 9.17) is 4.74 Å². The Labute approximate surface area is 166 Å². The van der Waals surface area contributed by atoms with Crippen molar-refractivity contribution in [2.45, 2.75) is 11.7 Å². The fourth-order valence-electron chi connectivity index (χ4n) is 3.12. The smallest absolute Gasteiger partial charge is 0.319 e. The fraction of sp³-hybridized carbons (Fsp3) is 0.190. The molecule has 2 atom stereocenters. The SMILES string of the molecule is COC(=O)[C@H]1C(=O)NC(SCc2cccc(F)c2)=C(C#N)[C@@H]1c1ccccc1. The van der Waals surface area contributed by atoms with Crippen LogP contribution < -0.4 is 5.32 Å². The van der Waals surface area contributed by atoms with Gasteiger partial charge in [0.1, 0.15) is 11.7 Å². The first kappa shape index (κ1) is 19.6. The van der Waals surface area contributed by atoms with E-state index in [-0.39, 0.29) is 11.4 Å². The Bertz CT molecular complexity index is 969. The van der Waals surface area contributed by atoms with Crippen molar-refractivity contribution in [1.82, 2.24) is 5.32 Å². The molecule has 5 nitrogen and oxygen atoms in total. The third-order valence-corrected chi connectivity index (χ3v) is 5.50. The third-order valence-electron chi connectivity index (χ3n) is 4.41. The van der Waals surface area contributed by atoms with Gasteiger partial charge in [0.25, 0.3) is 0 Å². The van der Waals surface area contributed by atoms with Crippen molar-refractivity contribution in [3.63, 3.8) is 0 Å². The molecule has 0 aliphatic carbocycles. The topological polar surface area (TPSA) is 79.2 Å². The zero-order valence-corrected chi connectivity index (χ0v) is 15.8. The summed E-state index contributed by atoms with van der Waals surface area (Å²) in [5.41, 5.74) is 1.67. The van der Waals surface area contributed by atoms with E-state index in [9.17, 15) is 19.2 Å². The van der Waals surface area contributed by atoms with Gasteiger partial charge in [-0.1, -0.05) is 42.5 Å². The van der Waals surface area contributed by atoms with Crippen LogP contribution in [0, 0.1) is 23.1 Å². The molecule has 1 aliphatic rings. The molecule has 0 radical (unpaired) electrons. The van der Waals surface area contributed by atoms with Crippen LogP contribution in [-0.4, -0.2) is 19.0 Å². The second-order valence-corrected chi connectivity index (χ2v) is 7.14. The van der Waals surface area contributed by atoms with Gasteiger partial charge in [0.05, 0.1) is 23.8 Å². The zero-order valence-electron chi connectivity index (χ0n) is 15.0. The van der Waals surface area contributed by atoms with E-state index in [2.05, 4.69) is 11.4 Å². The molecule has 0 saturated carbocycles. The molecule has 0 fully saturated rings. The number of amides is 1. The zero-order chi connectivity index (χ0) is 20.1. The highest BCUT2D eigenvalue weighted by molar-refractivity contribution is 8.02. The summed E-state index contributed by atoms with van der Waals surface area (Å²) >= 11 is 1.22. The number of esters is 1. The Balaban J connectivity index is 2.00. The summed E-state index contributed by atoms with van der Waals surface area (Å²) in [4.78, 5) is 25.0. The van der Waals surface area contributed by atoms with E-state index in [0.717, 1.165) is 5.56 Å². The highest BCUT2D eigenvalue weighted by atomic mass is 32.2. The first-order chi connectivity index (χ1) is 13.5. The van der Waals surface area contributed by atoms with Gasteiger partial charge >= 0.3 is 5.97 Å². The van der Waals surface area contributed by atoms with Gasteiger partial charge in [-0.15, -0.1) is 11.8 Å². The van der Waals surface area contributed by atoms with E-state index >= 15 is 0 Å². The number of allylic oxidation sites excluding steroid dienone is 1. The highest BCUT2D eigenvalue weighted by Gasteiger charge is 2.44. The van der Waals surface area contributed by atoms with Gasteiger partial charge in [0, 0.05) is 11.7 Å². The average molecular weight is 396 g/mol. The Hall–Kier alpha value is -3.11. The molecule has 0 spiro atoms. The number of carbonyl (C=O) groups excluding carboxylic acids is 2. The van der Waals surface area contributed by atoms with E-state index < -0.39 is 23.7 Å². The lowest BCUT2D eigenvalue weighted by atomic mass is 9.78. The number of nitrogens with one attached hydrogen (secondary N) is 1. The summed E-state index contributed by atoms with van der Waals surface area (Å²) in [7, 11) is 1.21. The normalized spacial score (nSPS) is 19.0. The van der Waals surface area contributed by atoms with Gasteiger partial charge < -0.3 is 10.1 Å². The minimum Gasteiger partial charge on any atom is -0.468 e. The van der Waals surface area contributed by atoms with Gasteiger partial charge in [-0.2, -0.15) is 5.26 Å². The van der Waals surface area contributed by atoms with Gasteiger partial charge in [-0.05, 0) is 23.3 Å². The number of hydrogen-bond donors (Lipinski definition) is 1. The molecule has 1 N–H and O–H groups in total. The van der Waals surface area contributed by atoms with Crippen LogP contribution in [0.15, 0.2) is 65.2 Å². The van der Waals surface area contributed by atoms with Crippen LogP contribution in [0.4, 0.5) is 4.39 Å². The number of thioether (sulfide) groups is 1. The Morgan fingerprint density at radius 1 is 1.25 bits per heavy atom. The van der Waals surface area contributed by atoms with Crippen LogP contribution in [-0.2, 0) is 20.1 Å². The van der Waals surface area contributed by atoms with E-state index in [1.54, 1.807) is 36.4 Å². The first-order valence-electron chi connectivity index (χ1n) is 8.50. The van der Waals surface area contributed by atoms with Gasteiger partial charge in [-0.25, -0.2) is 4.39 Å². The lowest BCUT2D eigenvalue weighted by Crippen LogP contribution is -2.44. The summed E-state index contributed by atoms with van der Waals surface area (Å²) in [5.74, 6) is -3.12. The van der Waals surface area contributed by atoms with Crippen molar-refractivity contribution < 1.29 is 18.7 Å². The summed E-state index contributed by atoms with van der Waals surface area (Å²) < 4.78 is 18.2. The van der Waals surface area contributed by atoms with Crippen LogP contribution in [0.1, 0.15) is 17.0 Å². The Morgan fingerprint density at radius 3 is 2.64 bits per heavy atom. The second-order valence-electron chi connectivity index (χ2n) is 6.15. The number of carbonyl (C=O) groups is 2. The van der Waals surface area contributed by atoms with Gasteiger partial charge in [-0.3, -0.25) is 9.59 Å². The summed E-state index contributed by atoms with van der Waals surface area (Å²) in [6.07, 6.45) is 0. The molecule has 0 bridgehead atoms. The van der Waals surface area contributed by atoms with Crippen molar-refractivity contribution in [3.8, 4) is 6.07 Å². The third kappa shape index (κ3) is 4.07. The predicted molar refractivity (Wildman–Crippen MR) is 103 cm³/mol. The minimum atomic E-state index is -1.15. The number of halogens is 1. The van der Waals surface area contributed by atoms with Crippen molar-refractivity contribution in [3.05, 3.63) is 82.1 Å². The summed E-state index contributed by atoms with van der Waals surface area (Å²) in [6, 6.07) is 17.2. The lowest BCUT2D eigenvalue weighted by Gasteiger charge is -2.31. The van der Waals surface area contributed by atoms with Crippen molar-refractivity contribution in [2.24, 2.45) is 5.92 Å². The molecule has 1 heterocycles. The maximum atomic E-state index is 13.4. The number of benzene rings is 2. The number of rotatable bonds is 5. The number of nitrogens with zero attached hydrogens (tertiary/aromatic N) is 1. The number of methoxy groups -OCH3 is 1. The molecular formula is C21H17FN2O3S. The lowest BCUT2D eigenvalue weighted by molar-refractivity contribution is -0.150. The summed E-state index contributed by atoms with van der Waals surface area (Å²) in [6.45, 7) is 0. The quantitative estimate of drug-likeness (QED) is 0.618. The number of ether oxygens (including phenoxy) is 1. The minimum absolute atomic E-state index is 0.280. The molecule has 142 valence electrons. The molecule has 2 aromatic carbocycles. The molecule has 28 heavy (non-hydrogen) atoms. The average Bonchev–Trinajstić information content (AvgIpc) is 2.71. The predicted octanol–water partition coefficient (Wildman–Crippen LogP) is 3.50. The Morgan fingerprint density at radius 2 is 2.00 bits per heavy atom. The van der Waals surface area contributed by atoms with Crippen LogP contribution in [0.25, 0.3) is 0 Å². The maximum absolute atomic E-state index is 13.4. The van der Waals surface area contributed by atoms with E-state index in [0.29, 0.717) is 16.3 Å². The molecule has 1 amide bonds. The van der Waals surface area contributed by atoms with Gasteiger partial charge in [0.2, 0.25) is 5.91 Å². The first-order valence-corrected chi connectivity index (χ1v) is 9.49. The van der Waals surface area contributed by atoms with E-state index in [1.807, 2.05) is 6.07 Å². The molecule has 0 aromatic heterocycles. The molecular weight excluding hydrogens is 379 g/mol. The molecule has 7 heteroatoms. The van der Waals surface area contributed by atoms with Gasteiger partial charge in [0.15, 0.2) is 0 Å². The van der Waals surface area contributed by atoms with Crippen LogP contribution >= 0.6 is 11.8 Å². The molecule has 1 aliphatic heterocycles. The summed E-state index contributed by atoms with van der Waals surface area (Å²) in [5, 5.41) is 12.8. The van der Waals surface area contributed by atoms with E-state index in [1.165, 1.54) is 31.0 Å². The number of nitriles is 1. The second kappa shape index (κ2) is 8.72. The molecule has 2 aromatic rings. The molecule has 0 unspecified atom stereocenters. The van der Waals surface area contributed by atoms with Crippen molar-refractivity contribution in [2.75, 3.05) is 7.11 Å². The van der Waals surface area contributed by atoms with Crippen molar-refractivity contribution >= 4 is 23.6 Å².